The molecule has 2 aliphatic rings. The fourth-order valence-electron chi connectivity index (χ4n) is 8.53. The fourth-order valence-corrected chi connectivity index (χ4v) is 8.53. The number of rotatable bonds is 45. The molecule has 2 saturated heterocycles. The van der Waals surface area contributed by atoms with Crippen LogP contribution in [0.4, 0.5) is 0 Å². The highest BCUT2D eigenvalue weighted by atomic mass is 16.7. The van der Waals surface area contributed by atoms with Crippen LogP contribution in [-0.4, -0.2) is 126 Å². The van der Waals surface area contributed by atoms with Gasteiger partial charge in [-0.05, 0) is 45.7 Å². The van der Waals surface area contributed by atoms with Crippen LogP contribution in [0.5, 0.6) is 0 Å². The van der Waals surface area contributed by atoms with Gasteiger partial charge in [0.2, 0.25) is 0 Å². The normalized spacial score (nSPS) is 19.7. The van der Waals surface area contributed by atoms with Gasteiger partial charge in [0, 0.05) is 33.0 Å². The number of esters is 3. The molecule has 12 nitrogen and oxygen atoms in total. The second kappa shape index (κ2) is 41.2. The van der Waals surface area contributed by atoms with Crippen molar-refractivity contribution in [2.45, 2.75) is 244 Å². The monoisotopic (exact) mass is 926 g/mol. The molecule has 2 fully saturated rings. The quantitative estimate of drug-likeness (QED) is 0.0327. The van der Waals surface area contributed by atoms with E-state index in [9.17, 15) is 14.4 Å². The van der Waals surface area contributed by atoms with Gasteiger partial charge in [-0.2, -0.15) is 0 Å². The van der Waals surface area contributed by atoms with Gasteiger partial charge in [0.05, 0.1) is 25.7 Å². The smallest absolute Gasteiger partial charge is 0.338 e. The highest BCUT2D eigenvalue weighted by molar-refractivity contribution is 5.76. The van der Waals surface area contributed by atoms with Crippen molar-refractivity contribution in [1.82, 2.24) is 4.90 Å². The lowest BCUT2D eigenvalue weighted by Gasteiger charge is -2.27. The minimum atomic E-state index is -1.03. The van der Waals surface area contributed by atoms with Gasteiger partial charge in [0.15, 0.2) is 24.4 Å². The molecule has 3 unspecified atom stereocenters. The van der Waals surface area contributed by atoms with Crippen LogP contribution in [0.1, 0.15) is 214 Å². The lowest BCUT2D eigenvalue weighted by atomic mass is 10.1. The van der Waals surface area contributed by atoms with E-state index in [1.165, 1.54) is 116 Å². The van der Waals surface area contributed by atoms with Gasteiger partial charge in [0.1, 0.15) is 12.7 Å². The van der Waals surface area contributed by atoms with E-state index in [2.05, 4.69) is 32.6 Å². The van der Waals surface area contributed by atoms with Crippen LogP contribution >= 0.6 is 0 Å². The van der Waals surface area contributed by atoms with Gasteiger partial charge in [-0.15, -0.1) is 0 Å². The second-order valence-corrected chi connectivity index (χ2v) is 19.0. The summed E-state index contributed by atoms with van der Waals surface area (Å²) in [5.41, 5.74) is 0. The number of unbranched alkanes of at least 4 members (excludes halogenated alkanes) is 24. The van der Waals surface area contributed by atoms with Crippen LogP contribution in [0.2, 0.25) is 0 Å². The van der Waals surface area contributed by atoms with Gasteiger partial charge >= 0.3 is 17.9 Å². The minimum Gasteiger partial charge on any atom is -0.463 e. The maximum absolute atomic E-state index is 14.1. The molecule has 0 bridgehead atoms. The molecule has 2 aliphatic heterocycles. The third kappa shape index (κ3) is 29.6. The van der Waals surface area contributed by atoms with Crippen molar-refractivity contribution in [1.29, 1.82) is 0 Å². The van der Waals surface area contributed by atoms with E-state index in [4.69, 9.17) is 37.9 Å². The summed E-state index contributed by atoms with van der Waals surface area (Å²) >= 11 is 0. The third-order valence-electron chi connectivity index (χ3n) is 12.8. The highest BCUT2D eigenvalue weighted by Gasteiger charge is 2.46. The van der Waals surface area contributed by atoms with E-state index < -0.39 is 42.5 Å². The van der Waals surface area contributed by atoms with Crippen molar-refractivity contribution in [3.8, 4) is 0 Å². The summed E-state index contributed by atoms with van der Waals surface area (Å²) in [6.07, 6.45) is 28.1. The zero-order valence-corrected chi connectivity index (χ0v) is 42.5. The third-order valence-corrected chi connectivity index (χ3v) is 12.8. The molecule has 6 atom stereocenters. The first-order valence-corrected chi connectivity index (χ1v) is 27.1. The maximum Gasteiger partial charge on any atom is 0.338 e. The average molecular weight is 926 g/mol. The van der Waals surface area contributed by atoms with E-state index >= 15 is 0 Å². The summed E-state index contributed by atoms with van der Waals surface area (Å²) in [6.45, 7) is 12.2. The number of carbonyl (C=O) groups is 3. The summed E-state index contributed by atoms with van der Waals surface area (Å²) in [4.78, 5) is 43.3. The Morgan fingerprint density at radius 3 is 1.35 bits per heavy atom. The number of likely N-dealkylation sites (tertiary alicyclic amines) is 1. The zero-order valence-electron chi connectivity index (χ0n) is 42.5. The Morgan fingerprint density at radius 2 is 0.938 bits per heavy atom. The number of ether oxygens (including phenoxy) is 8. The molecule has 12 heteroatoms. The van der Waals surface area contributed by atoms with Crippen molar-refractivity contribution in [2.75, 3.05) is 73.0 Å². The molecule has 0 aromatic carbocycles. The van der Waals surface area contributed by atoms with Crippen LogP contribution in [-0.2, 0) is 52.3 Å². The molecule has 2 rings (SSSR count). The predicted molar refractivity (Wildman–Crippen MR) is 259 cm³/mol. The van der Waals surface area contributed by atoms with Gasteiger partial charge < -0.3 is 42.8 Å². The van der Waals surface area contributed by atoms with Crippen LogP contribution in [0.15, 0.2) is 0 Å². The summed E-state index contributed by atoms with van der Waals surface area (Å²) in [5.74, 6) is -1.74. The summed E-state index contributed by atoms with van der Waals surface area (Å²) < 4.78 is 48.7. The first-order valence-electron chi connectivity index (χ1n) is 27.1. The molecule has 0 N–H and O–H groups in total. The Balaban J connectivity index is 2.14. The summed E-state index contributed by atoms with van der Waals surface area (Å²) in [5, 5.41) is 0. The molecule has 0 aliphatic carbocycles. The van der Waals surface area contributed by atoms with Crippen molar-refractivity contribution in [3.63, 3.8) is 0 Å². The molecule has 382 valence electrons. The van der Waals surface area contributed by atoms with E-state index in [0.717, 1.165) is 77.2 Å². The summed E-state index contributed by atoms with van der Waals surface area (Å²) in [6, 6.07) is 0. The minimum absolute atomic E-state index is 0.0280. The maximum atomic E-state index is 14.1. The molecule has 65 heavy (non-hydrogen) atoms. The Kier molecular flexibility index (Phi) is 37.6. The van der Waals surface area contributed by atoms with Crippen LogP contribution in [0.3, 0.4) is 0 Å². The average Bonchev–Trinajstić information content (AvgIpc) is 3.91. The van der Waals surface area contributed by atoms with Crippen molar-refractivity contribution in [2.24, 2.45) is 5.92 Å². The Bertz CT molecular complexity index is 1140. The molecular formula is C53H99NO11. The number of hydrogen-bond acceptors (Lipinski definition) is 12. The van der Waals surface area contributed by atoms with Crippen LogP contribution in [0.25, 0.3) is 0 Å². The first-order chi connectivity index (χ1) is 31.8. The number of hydrogen-bond donors (Lipinski definition) is 0. The van der Waals surface area contributed by atoms with E-state index in [0.29, 0.717) is 33.0 Å². The topological polar surface area (TPSA) is 128 Å². The zero-order chi connectivity index (χ0) is 47.0. The van der Waals surface area contributed by atoms with Gasteiger partial charge in [-0.1, -0.05) is 182 Å². The molecular weight excluding hydrogens is 827 g/mol. The molecule has 0 aromatic rings. The predicted octanol–water partition coefficient (Wildman–Crippen LogP) is 11.5. The Hall–Kier alpha value is -1.83. The van der Waals surface area contributed by atoms with Crippen molar-refractivity contribution in [3.05, 3.63) is 0 Å². The standard InChI is InChI=1S/C53H99NO11/c1-6-10-14-18-22-26-30-36-58-41-48(60-38-32-28-24-20-16-12-8-3)52(56)64-47-44-62-46(43-63-51(55)45-34-35-54(5)40-45)50(47)65-53(57)49(61-39-33-29-25-21-17-13-9-4)42-59-37-31-27-23-19-15-11-7-2/h45-50H,6-44H2,1-5H3/t45?,46-,47+,48?,49?,50+/m1/s1. The van der Waals surface area contributed by atoms with Gasteiger partial charge in [-0.3, -0.25) is 4.79 Å². The molecule has 0 saturated carbocycles. The van der Waals surface area contributed by atoms with Crippen LogP contribution < -0.4 is 0 Å². The molecule has 0 radical (unpaired) electrons. The van der Waals surface area contributed by atoms with Crippen LogP contribution in [0, 0.1) is 5.92 Å². The summed E-state index contributed by atoms with van der Waals surface area (Å²) in [7, 11) is 1.98. The lowest BCUT2D eigenvalue weighted by Crippen LogP contribution is -2.45. The highest BCUT2D eigenvalue weighted by Crippen LogP contribution is 2.25. The molecule has 2 heterocycles. The fraction of sp³-hybridized carbons (Fsp3) is 0.943. The molecule has 0 spiro atoms. The van der Waals surface area contributed by atoms with Gasteiger partial charge in [-0.25, -0.2) is 9.59 Å². The SMILES string of the molecule is CCCCCCCCCOCC(OCCCCCCCCC)C(=O)O[C@@H]1[C@@H](OC(=O)C(COCCCCCCCCC)OCCCCCCCCC)CO[C@@H]1COC(=O)C1CCN(C)C1. The van der Waals surface area contributed by atoms with E-state index in [1.54, 1.807) is 0 Å². The second-order valence-electron chi connectivity index (χ2n) is 19.0. The number of nitrogens with zero attached hydrogens (tertiary/aromatic N) is 1. The van der Waals surface area contributed by atoms with E-state index in [1.807, 2.05) is 7.05 Å². The van der Waals surface area contributed by atoms with Crippen molar-refractivity contribution >= 4 is 17.9 Å². The first kappa shape index (κ1) is 59.3. The van der Waals surface area contributed by atoms with Gasteiger partial charge in [0.25, 0.3) is 0 Å². The van der Waals surface area contributed by atoms with Crippen molar-refractivity contribution < 1.29 is 52.3 Å². The Morgan fingerprint density at radius 1 is 0.538 bits per heavy atom. The molecule has 0 aromatic heterocycles. The number of carbonyl (C=O) groups excluding carboxylic acids is 3. The Labute approximate surface area is 397 Å². The largest absolute Gasteiger partial charge is 0.463 e. The van der Waals surface area contributed by atoms with E-state index in [-0.39, 0.29) is 38.3 Å². The lowest BCUT2D eigenvalue weighted by molar-refractivity contribution is -0.184. The molecule has 0 amide bonds.